The lowest BCUT2D eigenvalue weighted by Crippen LogP contribution is -2.10. The Kier molecular flexibility index (Phi) is 8.24. The second kappa shape index (κ2) is 10.4. The van der Waals surface area contributed by atoms with Crippen LogP contribution in [0.5, 0.6) is 0 Å². The van der Waals surface area contributed by atoms with Crippen LogP contribution < -0.4 is 5.32 Å². The van der Waals surface area contributed by atoms with Crippen molar-refractivity contribution in [1.29, 1.82) is 0 Å². The molecule has 0 aliphatic carbocycles. The lowest BCUT2D eigenvalue weighted by molar-refractivity contribution is 0.596. The molecule has 0 aliphatic heterocycles. The molecule has 1 aromatic heterocycles. The van der Waals surface area contributed by atoms with E-state index in [0.717, 1.165) is 17.4 Å². The smallest absolute Gasteiger partial charge is 0.222 e. The van der Waals surface area contributed by atoms with Crippen molar-refractivity contribution in [3.63, 3.8) is 0 Å². The Balaban J connectivity index is 2.40. The molecule has 1 heterocycles. The normalized spacial score (nSPS) is 13.0. The first-order valence-corrected chi connectivity index (χ1v) is 13.2. The first-order valence-electron chi connectivity index (χ1n) is 9.34. The number of hydrogen-bond acceptors (Lipinski definition) is 8. The van der Waals surface area contributed by atoms with Crippen LogP contribution in [-0.2, 0) is 26.1 Å². The van der Waals surface area contributed by atoms with Gasteiger partial charge in [-0.05, 0) is 30.2 Å². The second-order valence-electron chi connectivity index (χ2n) is 6.68. The Labute approximate surface area is 178 Å². The van der Waals surface area contributed by atoms with Gasteiger partial charge in [0.1, 0.15) is 9.84 Å². The van der Waals surface area contributed by atoms with Gasteiger partial charge in [0, 0.05) is 37.0 Å². The molecule has 0 amide bonds. The van der Waals surface area contributed by atoms with E-state index < -0.39 is 19.7 Å². The molecule has 10 heteroatoms. The molecule has 30 heavy (non-hydrogen) atoms. The topological polar surface area (TPSA) is 118 Å². The van der Waals surface area contributed by atoms with Gasteiger partial charge in [-0.15, -0.1) is 0 Å². The summed E-state index contributed by atoms with van der Waals surface area (Å²) in [6.07, 6.45) is 6.20. The zero-order valence-electron chi connectivity index (χ0n) is 17.2. The fourth-order valence-electron chi connectivity index (χ4n) is 2.48. The maximum Gasteiger partial charge on any atom is 0.222 e. The van der Waals surface area contributed by atoms with Gasteiger partial charge in [0.2, 0.25) is 5.95 Å². The number of hydrogen-bond donors (Lipinski definition) is 1. The Morgan fingerprint density at radius 2 is 1.97 bits per heavy atom. The molecule has 162 valence electrons. The van der Waals surface area contributed by atoms with Crippen LogP contribution in [0.3, 0.4) is 0 Å². The van der Waals surface area contributed by atoms with E-state index in [1.165, 1.54) is 6.21 Å². The van der Waals surface area contributed by atoms with E-state index in [1.807, 2.05) is 24.3 Å². The van der Waals surface area contributed by atoms with Crippen LogP contribution in [0.2, 0.25) is 0 Å². The Morgan fingerprint density at radius 1 is 1.20 bits per heavy atom. The second-order valence-corrected chi connectivity index (χ2v) is 11.3. The van der Waals surface area contributed by atoms with Crippen molar-refractivity contribution in [3.8, 4) is 0 Å². The maximum absolute atomic E-state index is 11.8. The van der Waals surface area contributed by atoms with Crippen molar-refractivity contribution in [2.75, 3.05) is 35.9 Å². The van der Waals surface area contributed by atoms with Crippen LogP contribution in [-0.4, -0.2) is 63.6 Å². The van der Waals surface area contributed by atoms with E-state index in [1.54, 1.807) is 32.3 Å². The summed E-state index contributed by atoms with van der Waals surface area (Å²) < 4.78 is 46.5. The van der Waals surface area contributed by atoms with Crippen molar-refractivity contribution in [3.05, 3.63) is 53.3 Å². The highest BCUT2D eigenvalue weighted by atomic mass is 32.2. The van der Waals surface area contributed by atoms with Gasteiger partial charge in [-0.3, -0.25) is 4.99 Å². The average molecular weight is 451 g/mol. The van der Waals surface area contributed by atoms with E-state index in [-0.39, 0.29) is 17.3 Å². The van der Waals surface area contributed by atoms with Crippen molar-refractivity contribution >= 4 is 43.6 Å². The summed E-state index contributed by atoms with van der Waals surface area (Å²) in [6.45, 7) is 1.63. The SMILES string of the molecule is CCS(=O)(=O)CCc1cccc(C(=Cc2ccnc(NC)n2)N=CCS(C)(=O)=O)c1. The fourth-order valence-corrected chi connectivity index (χ4v) is 3.66. The summed E-state index contributed by atoms with van der Waals surface area (Å²) in [5.74, 6) is 0.432. The molecule has 0 saturated heterocycles. The van der Waals surface area contributed by atoms with Crippen LogP contribution in [0.15, 0.2) is 41.5 Å². The van der Waals surface area contributed by atoms with Crippen molar-refractivity contribution in [1.82, 2.24) is 9.97 Å². The van der Waals surface area contributed by atoms with Crippen LogP contribution >= 0.6 is 0 Å². The predicted molar refractivity (Wildman–Crippen MR) is 122 cm³/mol. The lowest BCUT2D eigenvalue weighted by Gasteiger charge is -2.07. The van der Waals surface area contributed by atoms with Gasteiger partial charge < -0.3 is 5.32 Å². The van der Waals surface area contributed by atoms with Crippen molar-refractivity contribution in [2.45, 2.75) is 13.3 Å². The monoisotopic (exact) mass is 450 g/mol. The molecule has 0 bridgehead atoms. The third kappa shape index (κ3) is 8.03. The molecular formula is C20H26N4O4S2. The minimum absolute atomic E-state index is 0.0702. The molecular weight excluding hydrogens is 424 g/mol. The Bertz CT molecular complexity index is 1140. The first-order chi connectivity index (χ1) is 14.1. The summed E-state index contributed by atoms with van der Waals surface area (Å²) in [5.41, 5.74) is 2.70. The maximum atomic E-state index is 11.8. The highest BCUT2D eigenvalue weighted by Gasteiger charge is 2.09. The molecule has 0 atom stereocenters. The largest absolute Gasteiger partial charge is 0.357 e. The number of rotatable bonds is 10. The quantitative estimate of drug-likeness (QED) is 0.551. The van der Waals surface area contributed by atoms with Gasteiger partial charge >= 0.3 is 0 Å². The highest BCUT2D eigenvalue weighted by Crippen LogP contribution is 2.21. The van der Waals surface area contributed by atoms with E-state index in [2.05, 4.69) is 20.3 Å². The third-order valence-electron chi connectivity index (χ3n) is 4.16. The summed E-state index contributed by atoms with van der Waals surface area (Å²) >= 11 is 0. The zero-order valence-corrected chi connectivity index (χ0v) is 18.9. The molecule has 1 aromatic carbocycles. The number of aliphatic imine (C=N–C) groups is 1. The molecule has 8 nitrogen and oxygen atoms in total. The number of anilines is 1. The van der Waals surface area contributed by atoms with Gasteiger partial charge in [-0.25, -0.2) is 26.8 Å². The number of nitrogens with one attached hydrogen (secondary N) is 1. The Hall–Kier alpha value is -2.59. The van der Waals surface area contributed by atoms with Crippen LogP contribution in [0.4, 0.5) is 5.95 Å². The molecule has 0 aliphatic rings. The zero-order chi connectivity index (χ0) is 22.2. The minimum atomic E-state index is -3.20. The molecule has 0 fully saturated rings. The number of benzene rings is 1. The predicted octanol–water partition coefficient (Wildman–Crippen LogP) is 2.11. The molecule has 0 unspecified atom stereocenters. The number of nitrogens with zero attached hydrogens (tertiary/aromatic N) is 3. The number of sulfone groups is 2. The Morgan fingerprint density at radius 3 is 2.63 bits per heavy atom. The van der Waals surface area contributed by atoms with Crippen LogP contribution in [0.25, 0.3) is 11.8 Å². The summed E-state index contributed by atoms with van der Waals surface area (Å²) in [7, 11) is -4.56. The standard InChI is InChI=1S/C20H26N4O4S2/c1-4-30(27,28)12-9-16-6-5-7-17(14-16)19(22-11-13-29(3,25)26)15-18-8-10-23-20(21-2)24-18/h5-8,10-11,14-15H,4,9,12-13H2,1-3H3,(H,21,23,24). The lowest BCUT2D eigenvalue weighted by atomic mass is 10.1. The summed E-state index contributed by atoms with van der Waals surface area (Å²) in [4.78, 5) is 12.8. The molecule has 0 radical (unpaired) electrons. The molecule has 2 rings (SSSR count). The number of aryl methyl sites for hydroxylation is 1. The van der Waals surface area contributed by atoms with E-state index in [0.29, 0.717) is 23.8 Å². The van der Waals surface area contributed by atoms with Gasteiger partial charge in [0.05, 0.1) is 22.9 Å². The van der Waals surface area contributed by atoms with Crippen molar-refractivity contribution < 1.29 is 16.8 Å². The van der Waals surface area contributed by atoms with E-state index in [9.17, 15) is 16.8 Å². The third-order valence-corrected chi connectivity index (χ3v) is 6.62. The van der Waals surface area contributed by atoms with Gasteiger partial charge in [0.15, 0.2) is 9.84 Å². The number of aromatic nitrogens is 2. The van der Waals surface area contributed by atoms with E-state index in [4.69, 9.17) is 0 Å². The van der Waals surface area contributed by atoms with Crippen molar-refractivity contribution in [2.24, 2.45) is 4.99 Å². The van der Waals surface area contributed by atoms with E-state index >= 15 is 0 Å². The van der Waals surface area contributed by atoms with Gasteiger partial charge in [0.25, 0.3) is 0 Å². The van der Waals surface area contributed by atoms with Gasteiger partial charge in [-0.2, -0.15) is 0 Å². The highest BCUT2D eigenvalue weighted by molar-refractivity contribution is 7.91. The summed E-state index contributed by atoms with van der Waals surface area (Å²) in [6, 6.07) is 9.08. The fraction of sp³-hybridized carbons (Fsp3) is 0.350. The summed E-state index contributed by atoms with van der Waals surface area (Å²) in [5, 5.41) is 2.86. The molecule has 1 N–H and O–H groups in total. The van der Waals surface area contributed by atoms with Crippen LogP contribution in [0.1, 0.15) is 23.7 Å². The molecule has 2 aromatic rings. The molecule has 0 saturated carbocycles. The van der Waals surface area contributed by atoms with Crippen LogP contribution in [0, 0.1) is 0 Å². The molecule has 0 spiro atoms. The first kappa shape index (κ1) is 23.7. The minimum Gasteiger partial charge on any atom is -0.357 e. The average Bonchev–Trinajstić information content (AvgIpc) is 2.71. The van der Waals surface area contributed by atoms with Gasteiger partial charge in [-0.1, -0.05) is 25.1 Å².